The maximum absolute atomic E-state index is 12.8. The number of hydrogen-bond acceptors (Lipinski definition) is 6. The molecule has 0 amide bonds. The maximum Gasteiger partial charge on any atom is 0.451 e. The Kier molecular flexibility index (Phi) is 5.96. The summed E-state index contributed by atoms with van der Waals surface area (Å²) in [7, 11) is 0. The number of aliphatic hydroxyl groups excluding tert-OH is 2. The van der Waals surface area contributed by atoms with Gasteiger partial charge in [0.2, 0.25) is 5.82 Å². The van der Waals surface area contributed by atoms with Crippen LogP contribution in [0.1, 0.15) is 12.7 Å². The van der Waals surface area contributed by atoms with Crippen LogP contribution in [-0.4, -0.2) is 53.0 Å². The molecule has 6 nitrogen and oxygen atoms in total. The Labute approximate surface area is 114 Å². The van der Waals surface area contributed by atoms with Crippen molar-refractivity contribution in [2.45, 2.75) is 13.1 Å². The van der Waals surface area contributed by atoms with Gasteiger partial charge in [0.1, 0.15) is 11.6 Å². The van der Waals surface area contributed by atoms with E-state index in [0.717, 1.165) is 0 Å². The molecule has 0 bridgehead atoms. The van der Waals surface area contributed by atoms with E-state index in [1.807, 2.05) is 0 Å². The summed E-state index contributed by atoms with van der Waals surface area (Å²) in [5.41, 5.74) is 0. The zero-order chi connectivity index (χ0) is 15.2. The van der Waals surface area contributed by atoms with Crippen molar-refractivity contribution >= 4 is 11.6 Å². The first-order valence-corrected chi connectivity index (χ1v) is 6.09. The summed E-state index contributed by atoms with van der Waals surface area (Å²) in [4.78, 5) is 8.21. The van der Waals surface area contributed by atoms with Crippen LogP contribution in [0, 0.1) is 0 Å². The molecule has 114 valence electrons. The van der Waals surface area contributed by atoms with Crippen LogP contribution in [0.5, 0.6) is 0 Å². The molecule has 0 saturated carbocycles. The molecule has 0 radical (unpaired) electrons. The van der Waals surface area contributed by atoms with Crippen molar-refractivity contribution in [2.24, 2.45) is 0 Å². The molecule has 0 aliphatic carbocycles. The predicted octanol–water partition coefficient (Wildman–Crippen LogP) is 0.718. The zero-order valence-corrected chi connectivity index (χ0v) is 11.0. The summed E-state index contributed by atoms with van der Waals surface area (Å²) in [5.74, 6) is -1.20. The van der Waals surface area contributed by atoms with E-state index in [0.29, 0.717) is 6.54 Å². The lowest BCUT2D eigenvalue weighted by molar-refractivity contribution is -0.144. The summed E-state index contributed by atoms with van der Waals surface area (Å²) in [5, 5.41) is 20.5. The third kappa shape index (κ3) is 4.49. The molecule has 20 heavy (non-hydrogen) atoms. The number of nitrogens with one attached hydrogen (secondary N) is 1. The second-order valence-corrected chi connectivity index (χ2v) is 3.90. The number of alkyl halides is 3. The van der Waals surface area contributed by atoms with E-state index in [-0.39, 0.29) is 37.9 Å². The van der Waals surface area contributed by atoms with Crippen LogP contribution < -0.4 is 10.2 Å². The molecule has 0 aliphatic rings. The monoisotopic (exact) mass is 294 g/mol. The number of aromatic nitrogens is 2. The summed E-state index contributed by atoms with van der Waals surface area (Å²) < 4.78 is 38.3. The second-order valence-electron chi connectivity index (χ2n) is 3.90. The minimum absolute atomic E-state index is 0.00590. The molecule has 0 atom stereocenters. The third-order valence-corrected chi connectivity index (χ3v) is 2.39. The Morgan fingerprint density at radius 3 is 2.25 bits per heavy atom. The standard InChI is InChI=1S/C11H17F3N4O2/c1-2-15-8-7-9(18(3-5-19)4-6-20)17-10(16-8)11(12,13)14/h7,19-20H,2-6H2,1H3,(H,15,16,17). The first-order valence-electron chi connectivity index (χ1n) is 6.09. The van der Waals surface area contributed by atoms with Crippen LogP contribution in [0.3, 0.4) is 0 Å². The molecule has 1 aromatic heterocycles. The van der Waals surface area contributed by atoms with Crippen molar-refractivity contribution in [1.82, 2.24) is 9.97 Å². The number of anilines is 2. The van der Waals surface area contributed by atoms with Gasteiger partial charge in [0.25, 0.3) is 0 Å². The van der Waals surface area contributed by atoms with E-state index in [4.69, 9.17) is 10.2 Å². The maximum atomic E-state index is 12.8. The topological polar surface area (TPSA) is 81.5 Å². The minimum Gasteiger partial charge on any atom is -0.395 e. The Morgan fingerprint density at radius 1 is 1.20 bits per heavy atom. The molecule has 0 unspecified atom stereocenters. The van der Waals surface area contributed by atoms with E-state index >= 15 is 0 Å². The van der Waals surface area contributed by atoms with E-state index in [9.17, 15) is 13.2 Å². The Bertz CT molecular complexity index is 423. The van der Waals surface area contributed by atoms with Gasteiger partial charge < -0.3 is 20.4 Å². The van der Waals surface area contributed by atoms with Gasteiger partial charge in [0.05, 0.1) is 13.2 Å². The number of hydrogen-bond donors (Lipinski definition) is 3. The molecule has 0 fully saturated rings. The van der Waals surface area contributed by atoms with Crippen LogP contribution in [0.4, 0.5) is 24.8 Å². The predicted molar refractivity (Wildman–Crippen MR) is 67.6 cm³/mol. The fourth-order valence-corrected chi connectivity index (χ4v) is 1.58. The molecule has 1 heterocycles. The number of rotatable bonds is 7. The molecule has 0 spiro atoms. The number of halogens is 3. The highest BCUT2D eigenvalue weighted by molar-refractivity contribution is 5.49. The van der Waals surface area contributed by atoms with Gasteiger partial charge in [0.15, 0.2) is 0 Å². The van der Waals surface area contributed by atoms with Gasteiger partial charge in [-0.05, 0) is 6.92 Å². The van der Waals surface area contributed by atoms with Gasteiger partial charge in [0, 0.05) is 25.7 Å². The average molecular weight is 294 g/mol. The van der Waals surface area contributed by atoms with Gasteiger partial charge in [-0.25, -0.2) is 9.97 Å². The largest absolute Gasteiger partial charge is 0.451 e. The molecule has 0 aliphatic heterocycles. The molecular weight excluding hydrogens is 277 g/mol. The van der Waals surface area contributed by atoms with Crippen molar-refractivity contribution < 1.29 is 23.4 Å². The van der Waals surface area contributed by atoms with E-state index in [1.165, 1.54) is 11.0 Å². The molecule has 0 saturated heterocycles. The Morgan fingerprint density at radius 2 is 1.80 bits per heavy atom. The van der Waals surface area contributed by atoms with E-state index < -0.39 is 12.0 Å². The lowest BCUT2D eigenvalue weighted by Gasteiger charge is -2.23. The molecular formula is C11H17F3N4O2. The lowest BCUT2D eigenvalue weighted by Crippen LogP contribution is -2.31. The van der Waals surface area contributed by atoms with Crippen LogP contribution in [0.15, 0.2) is 6.07 Å². The summed E-state index contributed by atoms with van der Waals surface area (Å²) in [6.07, 6.45) is -4.66. The summed E-state index contributed by atoms with van der Waals surface area (Å²) in [6, 6.07) is 1.35. The third-order valence-electron chi connectivity index (χ3n) is 2.39. The highest BCUT2D eigenvalue weighted by atomic mass is 19.4. The van der Waals surface area contributed by atoms with Crippen LogP contribution in [0.2, 0.25) is 0 Å². The highest BCUT2D eigenvalue weighted by Crippen LogP contribution is 2.29. The quantitative estimate of drug-likeness (QED) is 0.687. The fourth-order valence-electron chi connectivity index (χ4n) is 1.58. The van der Waals surface area contributed by atoms with Gasteiger partial charge in [-0.15, -0.1) is 0 Å². The Hall–Kier alpha value is -1.61. The van der Waals surface area contributed by atoms with Crippen molar-refractivity contribution in [3.63, 3.8) is 0 Å². The summed E-state index contributed by atoms with van der Waals surface area (Å²) >= 11 is 0. The number of aliphatic hydroxyl groups is 2. The van der Waals surface area contributed by atoms with Crippen molar-refractivity contribution in [2.75, 3.05) is 43.1 Å². The van der Waals surface area contributed by atoms with E-state index in [1.54, 1.807) is 6.92 Å². The van der Waals surface area contributed by atoms with Crippen LogP contribution in [-0.2, 0) is 6.18 Å². The normalized spacial score (nSPS) is 11.5. The van der Waals surface area contributed by atoms with Gasteiger partial charge >= 0.3 is 6.18 Å². The SMILES string of the molecule is CCNc1cc(N(CCO)CCO)nc(C(F)(F)F)n1. The smallest absolute Gasteiger partial charge is 0.395 e. The lowest BCUT2D eigenvalue weighted by atomic mass is 10.4. The van der Waals surface area contributed by atoms with Crippen molar-refractivity contribution in [3.05, 3.63) is 11.9 Å². The minimum atomic E-state index is -4.66. The van der Waals surface area contributed by atoms with Crippen LogP contribution in [0.25, 0.3) is 0 Å². The molecule has 1 rings (SSSR count). The van der Waals surface area contributed by atoms with Crippen LogP contribution >= 0.6 is 0 Å². The molecule has 1 aromatic rings. The Balaban J connectivity index is 3.18. The summed E-state index contributed by atoms with van der Waals surface area (Å²) in [6.45, 7) is 1.76. The fraction of sp³-hybridized carbons (Fsp3) is 0.636. The molecule has 0 aromatic carbocycles. The van der Waals surface area contributed by atoms with Crippen molar-refractivity contribution in [1.29, 1.82) is 0 Å². The van der Waals surface area contributed by atoms with Gasteiger partial charge in [-0.2, -0.15) is 13.2 Å². The van der Waals surface area contributed by atoms with Gasteiger partial charge in [-0.1, -0.05) is 0 Å². The van der Waals surface area contributed by atoms with E-state index in [2.05, 4.69) is 15.3 Å². The molecule has 3 N–H and O–H groups in total. The zero-order valence-electron chi connectivity index (χ0n) is 11.0. The van der Waals surface area contributed by atoms with Crippen molar-refractivity contribution in [3.8, 4) is 0 Å². The highest BCUT2D eigenvalue weighted by Gasteiger charge is 2.35. The first kappa shape index (κ1) is 16.4. The number of nitrogens with zero attached hydrogens (tertiary/aromatic N) is 3. The second kappa shape index (κ2) is 7.25. The first-order chi connectivity index (χ1) is 9.42. The molecule has 9 heteroatoms. The average Bonchev–Trinajstić information content (AvgIpc) is 2.37. The van der Waals surface area contributed by atoms with Gasteiger partial charge in [-0.3, -0.25) is 0 Å².